The van der Waals surface area contributed by atoms with E-state index in [1.807, 2.05) is 12.1 Å². The van der Waals surface area contributed by atoms with Crippen LogP contribution in [0.4, 0.5) is 5.95 Å². The zero-order valence-corrected chi connectivity index (χ0v) is 12.6. The number of nitrogen functional groups attached to an aromatic ring is 1. The Bertz CT molecular complexity index is 653. The molecule has 0 aliphatic heterocycles. The largest absolute Gasteiger partial charge is 0.493 e. The topological polar surface area (TPSA) is 71.5 Å². The third-order valence-corrected chi connectivity index (χ3v) is 4.27. The van der Waals surface area contributed by atoms with E-state index in [1.165, 1.54) is 0 Å². The number of hydrogen-bond acceptors (Lipinski definition) is 5. The Morgan fingerprint density at radius 2 is 1.86 bits per heavy atom. The Hall–Kier alpha value is -1.95. The van der Waals surface area contributed by atoms with Crippen LogP contribution in [-0.2, 0) is 4.74 Å². The molecule has 6 heteroatoms. The second-order valence-corrected chi connectivity index (χ2v) is 5.31. The number of benzene rings is 1. The highest BCUT2D eigenvalue weighted by atomic mass is 16.5. The van der Waals surface area contributed by atoms with Crippen LogP contribution in [0.2, 0.25) is 0 Å². The number of ether oxygens (including phenoxy) is 3. The number of nitrogens with two attached hydrogens (primary N) is 1. The molecule has 21 heavy (non-hydrogen) atoms. The van der Waals surface area contributed by atoms with Gasteiger partial charge >= 0.3 is 0 Å². The Kier molecular flexibility index (Phi) is 3.63. The monoisotopic (exact) mass is 291 g/mol. The van der Waals surface area contributed by atoms with Gasteiger partial charge in [0, 0.05) is 19.2 Å². The molecule has 6 nitrogen and oxygen atoms in total. The van der Waals surface area contributed by atoms with E-state index in [2.05, 4.69) is 9.55 Å². The molecule has 1 aromatic carbocycles. The highest BCUT2D eigenvalue weighted by molar-refractivity contribution is 5.82. The molecule has 2 atom stereocenters. The normalized spacial score (nSPS) is 21.9. The summed E-state index contributed by atoms with van der Waals surface area (Å²) in [6, 6.07) is 4.01. The van der Waals surface area contributed by atoms with Gasteiger partial charge in [0.05, 0.1) is 37.4 Å². The molecular formula is C15H21N3O3. The number of rotatable bonds is 4. The molecule has 1 fully saturated rings. The lowest BCUT2D eigenvalue weighted by molar-refractivity contribution is 0.0768. The summed E-state index contributed by atoms with van der Waals surface area (Å²) < 4.78 is 18.4. The summed E-state index contributed by atoms with van der Waals surface area (Å²) in [5.74, 6) is 1.84. The number of methoxy groups -OCH3 is 3. The van der Waals surface area contributed by atoms with Gasteiger partial charge in [-0.2, -0.15) is 0 Å². The lowest BCUT2D eigenvalue weighted by Crippen LogP contribution is -2.21. The van der Waals surface area contributed by atoms with Crippen LogP contribution in [0.25, 0.3) is 11.0 Å². The molecule has 0 spiro atoms. The Morgan fingerprint density at radius 3 is 2.52 bits per heavy atom. The molecule has 3 rings (SSSR count). The standard InChI is InChI=1S/C15H21N3O3/c1-19-12-6-4-5-10(12)18-11-8-14(21-3)13(20-2)7-9(11)17-15(18)16/h7-8,10,12H,4-6H2,1-3H3,(H2,16,17). The summed E-state index contributed by atoms with van der Waals surface area (Å²) >= 11 is 0. The van der Waals surface area contributed by atoms with Gasteiger partial charge in [0.2, 0.25) is 5.95 Å². The van der Waals surface area contributed by atoms with E-state index in [0.29, 0.717) is 17.4 Å². The smallest absolute Gasteiger partial charge is 0.201 e. The predicted molar refractivity (Wildman–Crippen MR) is 80.9 cm³/mol. The van der Waals surface area contributed by atoms with Gasteiger partial charge in [-0.1, -0.05) is 0 Å². The maximum atomic E-state index is 6.15. The molecule has 2 unspecified atom stereocenters. The summed E-state index contributed by atoms with van der Waals surface area (Å²) in [5.41, 5.74) is 7.92. The quantitative estimate of drug-likeness (QED) is 0.936. The van der Waals surface area contributed by atoms with Crippen LogP contribution in [0.5, 0.6) is 11.5 Å². The zero-order chi connectivity index (χ0) is 15.0. The average molecular weight is 291 g/mol. The van der Waals surface area contributed by atoms with Crippen molar-refractivity contribution in [3.63, 3.8) is 0 Å². The first-order chi connectivity index (χ1) is 10.2. The van der Waals surface area contributed by atoms with Crippen LogP contribution in [0.3, 0.4) is 0 Å². The first-order valence-corrected chi connectivity index (χ1v) is 7.11. The first kappa shape index (κ1) is 14.0. The molecule has 1 heterocycles. The lowest BCUT2D eigenvalue weighted by Gasteiger charge is -2.21. The van der Waals surface area contributed by atoms with Crippen molar-refractivity contribution in [1.82, 2.24) is 9.55 Å². The van der Waals surface area contributed by atoms with Crippen LogP contribution >= 0.6 is 0 Å². The number of nitrogens with zero attached hydrogens (tertiary/aromatic N) is 2. The Morgan fingerprint density at radius 1 is 1.14 bits per heavy atom. The summed E-state index contributed by atoms with van der Waals surface area (Å²) in [6.45, 7) is 0. The van der Waals surface area contributed by atoms with Gasteiger partial charge in [-0.05, 0) is 19.3 Å². The summed E-state index contributed by atoms with van der Waals surface area (Å²) in [5, 5.41) is 0. The van der Waals surface area contributed by atoms with E-state index >= 15 is 0 Å². The molecule has 1 saturated carbocycles. The van der Waals surface area contributed by atoms with Crippen molar-refractivity contribution >= 4 is 17.0 Å². The molecule has 2 N–H and O–H groups in total. The average Bonchev–Trinajstić information content (AvgIpc) is 3.07. The molecule has 114 valence electrons. The lowest BCUT2D eigenvalue weighted by atomic mass is 10.2. The van der Waals surface area contributed by atoms with Gasteiger partial charge in [-0.15, -0.1) is 0 Å². The van der Waals surface area contributed by atoms with Gasteiger partial charge in [0.15, 0.2) is 11.5 Å². The molecule has 1 aromatic heterocycles. The molecule has 0 bridgehead atoms. The molecule has 2 aromatic rings. The molecular weight excluding hydrogens is 270 g/mol. The number of imidazole rings is 1. The fourth-order valence-electron chi connectivity index (χ4n) is 3.27. The van der Waals surface area contributed by atoms with E-state index in [-0.39, 0.29) is 12.1 Å². The maximum Gasteiger partial charge on any atom is 0.201 e. The van der Waals surface area contributed by atoms with Crippen molar-refractivity contribution < 1.29 is 14.2 Å². The SMILES string of the molecule is COc1cc2nc(N)n(C3CCCC3OC)c2cc1OC. The van der Waals surface area contributed by atoms with E-state index in [4.69, 9.17) is 19.9 Å². The van der Waals surface area contributed by atoms with Crippen LogP contribution in [0.1, 0.15) is 25.3 Å². The van der Waals surface area contributed by atoms with Gasteiger partial charge in [-0.3, -0.25) is 0 Å². The minimum atomic E-state index is 0.179. The fourth-order valence-corrected chi connectivity index (χ4v) is 3.27. The minimum absolute atomic E-state index is 0.179. The van der Waals surface area contributed by atoms with Gasteiger partial charge < -0.3 is 24.5 Å². The summed E-state index contributed by atoms with van der Waals surface area (Å²) in [6.07, 6.45) is 3.41. The second kappa shape index (κ2) is 5.44. The molecule has 1 aliphatic rings. The molecule has 0 radical (unpaired) electrons. The number of aromatic nitrogens is 2. The van der Waals surface area contributed by atoms with Gasteiger partial charge in [0.1, 0.15) is 0 Å². The third kappa shape index (κ3) is 2.19. The molecule has 0 amide bonds. The van der Waals surface area contributed by atoms with E-state index < -0.39 is 0 Å². The molecule has 1 aliphatic carbocycles. The number of fused-ring (bicyclic) bond motifs is 1. The van der Waals surface area contributed by atoms with Crippen LogP contribution in [0, 0.1) is 0 Å². The highest BCUT2D eigenvalue weighted by Crippen LogP contribution is 2.39. The Labute approximate surface area is 123 Å². The van der Waals surface area contributed by atoms with E-state index in [0.717, 1.165) is 30.3 Å². The van der Waals surface area contributed by atoms with Crippen molar-refractivity contribution in [1.29, 1.82) is 0 Å². The van der Waals surface area contributed by atoms with E-state index in [1.54, 1.807) is 21.3 Å². The van der Waals surface area contributed by atoms with Crippen molar-refractivity contribution in [2.45, 2.75) is 31.4 Å². The van der Waals surface area contributed by atoms with Crippen molar-refractivity contribution in [2.75, 3.05) is 27.1 Å². The maximum absolute atomic E-state index is 6.15. The molecule has 0 saturated heterocycles. The van der Waals surface area contributed by atoms with Gasteiger partial charge in [-0.25, -0.2) is 4.98 Å². The zero-order valence-electron chi connectivity index (χ0n) is 12.6. The summed E-state index contributed by atoms with van der Waals surface area (Å²) in [4.78, 5) is 4.46. The number of hydrogen-bond donors (Lipinski definition) is 1. The predicted octanol–water partition coefficient (Wildman–Crippen LogP) is 2.38. The third-order valence-electron chi connectivity index (χ3n) is 4.27. The summed E-state index contributed by atoms with van der Waals surface area (Å²) in [7, 11) is 4.99. The van der Waals surface area contributed by atoms with Gasteiger partial charge in [0.25, 0.3) is 0 Å². The number of anilines is 1. The van der Waals surface area contributed by atoms with Crippen LogP contribution < -0.4 is 15.2 Å². The fraction of sp³-hybridized carbons (Fsp3) is 0.533. The highest BCUT2D eigenvalue weighted by Gasteiger charge is 2.31. The minimum Gasteiger partial charge on any atom is -0.493 e. The van der Waals surface area contributed by atoms with Crippen molar-refractivity contribution in [3.8, 4) is 11.5 Å². The van der Waals surface area contributed by atoms with Crippen LogP contribution in [0.15, 0.2) is 12.1 Å². The Balaban J connectivity index is 2.16. The van der Waals surface area contributed by atoms with E-state index in [9.17, 15) is 0 Å². The second-order valence-electron chi connectivity index (χ2n) is 5.31. The van der Waals surface area contributed by atoms with Crippen molar-refractivity contribution in [3.05, 3.63) is 12.1 Å². The first-order valence-electron chi connectivity index (χ1n) is 7.11. The van der Waals surface area contributed by atoms with Crippen LogP contribution in [-0.4, -0.2) is 37.0 Å². The van der Waals surface area contributed by atoms with Crippen molar-refractivity contribution in [2.24, 2.45) is 0 Å².